The molecule has 1 saturated carbocycles. The van der Waals surface area contributed by atoms with Crippen molar-refractivity contribution in [1.29, 1.82) is 0 Å². The highest BCUT2D eigenvalue weighted by Crippen LogP contribution is 2.32. The quantitative estimate of drug-likeness (QED) is 0.866. The summed E-state index contributed by atoms with van der Waals surface area (Å²) in [7, 11) is 0. The predicted octanol–water partition coefficient (Wildman–Crippen LogP) is 3.20. The molecule has 1 heterocycles. The predicted molar refractivity (Wildman–Crippen MR) is 69.7 cm³/mol. The van der Waals surface area contributed by atoms with Gasteiger partial charge in [0.15, 0.2) is 0 Å². The van der Waals surface area contributed by atoms with Gasteiger partial charge in [-0.25, -0.2) is 0 Å². The monoisotopic (exact) mass is 233 g/mol. The lowest BCUT2D eigenvalue weighted by Crippen LogP contribution is -2.26. The molecule has 1 aliphatic carbocycles. The summed E-state index contributed by atoms with van der Waals surface area (Å²) >= 11 is 0. The van der Waals surface area contributed by atoms with Crippen molar-refractivity contribution in [2.24, 2.45) is 11.8 Å². The lowest BCUT2D eigenvalue weighted by Gasteiger charge is -2.30. The van der Waals surface area contributed by atoms with E-state index in [0.29, 0.717) is 5.92 Å². The van der Waals surface area contributed by atoms with Crippen molar-refractivity contribution in [3.05, 3.63) is 30.1 Å². The van der Waals surface area contributed by atoms with Crippen molar-refractivity contribution in [1.82, 2.24) is 4.98 Å². The van der Waals surface area contributed by atoms with E-state index in [1.54, 1.807) is 6.20 Å². The Bertz CT molecular complexity index is 325. The third-order valence-electron chi connectivity index (χ3n) is 3.97. The lowest BCUT2D eigenvalue weighted by atomic mass is 9.78. The van der Waals surface area contributed by atoms with Crippen LogP contribution in [0.4, 0.5) is 0 Å². The maximum Gasteiger partial charge on any atom is 0.0571 e. The van der Waals surface area contributed by atoms with Gasteiger partial charge in [-0.3, -0.25) is 4.98 Å². The normalized spacial score (nSPS) is 26.7. The highest BCUT2D eigenvalue weighted by atomic mass is 16.3. The molecule has 2 heteroatoms. The van der Waals surface area contributed by atoms with Gasteiger partial charge >= 0.3 is 0 Å². The second-order valence-electron chi connectivity index (χ2n) is 5.50. The van der Waals surface area contributed by atoms with Crippen molar-refractivity contribution in [2.75, 3.05) is 0 Å². The van der Waals surface area contributed by atoms with Crippen LogP contribution in [-0.4, -0.2) is 16.2 Å². The summed E-state index contributed by atoms with van der Waals surface area (Å²) in [5.41, 5.74) is 1.23. The molecule has 0 bridgehead atoms. The Kier molecular flexibility index (Phi) is 4.55. The topological polar surface area (TPSA) is 33.1 Å². The Labute approximate surface area is 104 Å². The molecule has 2 rings (SSSR count). The molecule has 0 aliphatic heterocycles. The average Bonchev–Trinajstić information content (AvgIpc) is 2.37. The van der Waals surface area contributed by atoms with Crippen LogP contribution >= 0.6 is 0 Å². The molecule has 2 nitrogen and oxygen atoms in total. The highest BCUT2D eigenvalue weighted by molar-refractivity contribution is 5.08. The van der Waals surface area contributed by atoms with E-state index in [1.165, 1.54) is 31.2 Å². The van der Waals surface area contributed by atoms with Gasteiger partial charge in [0.1, 0.15) is 0 Å². The highest BCUT2D eigenvalue weighted by Gasteiger charge is 2.24. The molecular weight excluding hydrogens is 210 g/mol. The van der Waals surface area contributed by atoms with Crippen LogP contribution in [0.3, 0.4) is 0 Å². The molecule has 1 aliphatic rings. The number of hydrogen-bond acceptors (Lipinski definition) is 2. The fraction of sp³-hybridized carbons (Fsp3) is 0.667. The van der Waals surface area contributed by atoms with Gasteiger partial charge < -0.3 is 5.11 Å². The zero-order valence-electron chi connectivity index (χ0n) is 10.7. The van der Waals surface area contributed by atoms with Crippen molar-refractivity contribution < 1.29 is 5.11 Å². The largest absolute Gasteiger partial charge is 0.393 e. The first-order valence-electron chi connectivity index (χ1n) is 6.82. The first-order valence-corrected chi connectivity index (χ1v) is 6.82. The van der Waals surface area contributed by atoms with Gasteiger partial charge in [-0.05, 0) is 49.1 Å². The molecule has 1 fully saturated rings. The molecule has 3 atom stereocenters. The molecule has 0 aromatic carbocycles. The maximum absolute atomic E-state index is 10.2. The molecule has 1 N–H and O–H groups in total. The number of pyridine rings is 1. The van der Waals surface area contributed by atoms with Crippen molar-refractivity contribution in [2.45, 2.75) is 51.6 Å². The number of rotatable bonds is 4. The molecule has 3 unspecified atom stereocenters. The van der Waals surface area contributed by atoms with Gasteiger partial charge in [-0.1, -0.05) is 25.8 Å². The number of aryl methyl sites for hydroxylation is 1. The van der Waals surface area contributed by atoms with Crippen LogP contribution in [0.15, 0.2) is 24.5 Å². The molecule has 0 saturated heterocycles. The van der Waals surface area contributed by atoms with Crippen LogP contribution in [0, 0.1) is 11.8 Å². The summed E-state index contributed by atoms with van der Waals surface area (Å²) in [6.07, 6.45) is 10.4. The molecule has 0 spiro atoms. The van der Waals surface area contributed by atoms with Crippen molar-refractivity contribution >= 4 is 0 Å². The zero-order valence-corrected chi connectivity index (χ0v) is 10.7. The van der Waals surface area contributed by atoms with E-state index < -0.39 is 0 Å². The first kappa shape index (κ1) is 12.6. The van der Waals surface area contributed by atoms with Gasteiger partial charge in [0, 0.05) is 12.4 Å². The Balaban J connectivity index is 1.79. The Hall–Kier alpha value is -0.890. The summed E-state index contributed by atoms with van der Waals surface area (Å²) in [6, 6.07) is 4.05. The van der Waals surface area contributed by atoms with Gasteiger partial charge in [-0.2, -0.15) is 0 Å². The minimum absolute atomic E-state index is 0.127. The Morgan fingerprint density at radius 1 is 1.47 bits per heavy atom. The molecule has 17 heavy (non-hydrogen) atoms. The van der Waals surface area contributed by atoms with Gasteiger partial charge in [-0.15, -0.1) is 0 Å². The van der Waals surface area contributed by atoms with Gasteiger partial charge in [0.25, 0.3) is 0 Å². The number of aliphatic hydroxyl groups is 1. The number of hydrogen-bond donors (Lipinski definition) is 1. The van der Waals surface area contributed by atoms with E-state index in [-0.39, 0.29) is 6.10 Å². The molecular formula is C15H23NO. The van der Waals surface area contributed by atoms with Crippen LogP contribution in [0.1, 0.15) is 44.6 Å². The number of aliphatic hydroxyl groups excluding tert-OH is 1. The zero-order chi connectivity index (χ0) is 12.1. The fourth-order valence-electron chi connectivity index (χ4n) is 2.93. The Morgan fingerprint density at radius 2 is 2.35 bits per heavy atom. The number of aromatic nitrogens is 1. The van der Waals surface area contributed by atoms with Gasteiger partial charge in [0.05, 0.1) is 6.10 Å². The summed E-state index contributed by atoms with van der Waals surface area (Å²) in [5, 5.41) is 10.2. The van der Waals surface area contributed by atoms with Crippen molar-refractivity contribution in [3.8, 4) is 0 Å². The first-order chi connectivity index (χ1) is 8.25. The van der Waals surface area contributed by atoms with Crippen LogP contribution in [0.25, 0.3) is 0 Å². The van der Waals surface area contributed by atoms with Crippen LogP contribution in [-0.2, 0) is 6.42 Å². The SMILES string of the molecule is CC1CCCC(C(O)CCc2cccnc2)C1. The second kappa shape index (κ2) is 6.15. The summed E-state index contributed by atoms with van der Waals surface area (Å²) in [5.74, 6) is 1.32. The molecule has 94 valence electrons. The second-order valence-corrected chi connectivity index (χ2v) is 5.50. The van der Waals surface area contributed by atoms with E-state index >= 15 is 0 Å². The minimum atomic E-state index is -0.127. The molecule has 1 aromatic heterocycles. The van der Waals surface area contributed by atoms with E-state index in [1.807, 2.05) is 12.3 Å². The smallest absolute Gasteiger partial charge is 0.0571 e. The van der Waals surface area contributed by atoms with Crippen LogP contribution in [0.5, 0.6) is 0 Å². The summed E-state index contributed by atoms with van der Waals surface area (Å²) < 4.78 is 0. The van der Waals surface area contributed by atoms with E-state index in [9.17, 15) is 5.11 Å². The van der Waals surface area contributed by atoms with Crippen molar-refractivity contribution in [3.63, 3.8) is 0 Å². The van der Waals surface area contributed by atoms with Crippen LogP contribution in [0.2, 0.25) is 0 Å². The van der Waals surface area contributed by atoms with Gasteiger partial charge in [0.2, 0.25) is 0 Å². The van der Waals surface area contributed by atoms with E-state index in [4.69, 9.17) is 0 Å². The summed E-state index contributed by atoms with van der Waals surface area (Å²) in [4.78, 5) is 4.11. The molecule has 0 amide bonds. The average molecular weight is 233 g/mol. The standard InChI is InChI=1S/C15H23NO/c1-12-4-2-6-14(10-12)15(17)8-7-13-5-3-9-16-11-13/h3,5,9,11-12,14-15,17H,2,4,6-8,10H2,1H3. The van der Waals surface area contributed by atoms with E-state index in [2.05, 4.69) is 18.0 Å². The van der Waals surface area contributed by atoms with E-state index in [0.717, 1.165) is 18.8 Å². The lowest BCUT2D eigenvalue weighted by molar-refractivity contribution is 0.0651. The molecule has 1 aromatic rings. The third kappa shape index (κ3) is 3.81. The maximum atomic E-state index is 10.2. The Morgan fingerprint density at radius 3 is 3.06 bits per heavy atom. The number of nitrogens with zero attached hydrogens (tertiary/aromatic N) is 1. The fourth-order valence-corrected chi connectivity index (χ4v) is 2.93. The third-order valence-corrected chi connectivity index (χ3v) is 3.97. The molecule has 0 radical (unpaired) electrons. The summed E-state index contributed by atoms with van der Waals surface area (Å²) in [6.45, 7) is 2.31. The minimum Gasteiger partial charge on any atom is -0.393 e. The van der Waals surface area contributed by atoms with Crippen LogP contribution < -0.4 is 0 Å².